The lowest BCUT2D eigenvalue weighted by Crippen LogP contribution is -2.48. The third-order valence-corrected chi connectivity index (χ3v) is 5.37. The summed E-state index contributed by atoms with van der Waals surface area (Å²) in [5.74, 6) is 0.715. The molecule has 3 aromatic rings. The predicted molar refractivity (Wildman–Crippen MR) is 115 cm³/mol. The second-order valence-electron chi connectivity index (χ2n) is 6.99. The molecule has 2 heterocycles. The van der Waals surface area contributed by atoms with Crippen molar-refractivity contribution in [1.82, 2.24) is 15.1 Å². The molecule has 1 fully saturated rings. The third kappa shape index (κ3) is 4.33. The van der Waals surface area contributed by atoms with Crippen LogP contribution < -0.4 is 4.90 Å². The van der Waals surface area contributed by atoms with Crippen molar-refractivity contribution in [2.45, 2.75) is 6.92 Å². The highest BCUT2D eigenvalue weighted by Gasteiger charge is 2.22. The number of anilines is 1. The smallest absolute Gasteiger partial charge is 0.320 e. The van der Waals surface area contributed by atoms with Crippen LogP contribution in [0.3, 0.4) is 0 Å². The molecule has 4 rings (SSSR count). The Morgan fingerprint density at radius 3 is 2.38 bits per heavy atom. The van der Waals surface area contributed by atoms with Gasteiger partial charge in [-0.15, -0.1) is 10.2 Å². The molecule has 29 heavy (non-hydrogen) atoms. The van der Waals surface area contributed by atoms with Crippen LogP contribution in [0.1, 0.15) is 6.92 Å². The number of ether oxygens (including phenoxy) is 1. The summed E-state index contributed by atoms with van der Waals surface area (Å²) in [5.41, 5.74) is 1.84. The van der Waals surface area contributed by atoms with Gasteiger partial charge in [0, 0.05) is 47.5 Å². The minimum Gasteiger partial charge on any atom is -0.465 e. The van der Waals surface area contributed by atoms with Crippen LogP contribution in [-0.4, -0.2) is 60.4 Å². The van der Waals surface area contributed by atoms with Gasteiger partial charge in [-0.2, -0.15) is 0 Å². The zero-order chi connectivity index (χ0) is 20.2. The van der Waals surface area contributed by atoms with E-state index >= 15 is 0 Å². The summed E-state index contributed by atoms with van der Waals surface area (Å²) in [4.78, 5) is 16.1. The number of rotatable bonds is 5. The number of aromatic nitrogens is 2. The first-order chi connectivity index (χ1) is 14.2. The van der Waals surface area contributed by atoms with Gasteiger partial charge in [-0.05, 0) is 19.1 Å². The quantitative estimate of drug-likeness (QED) is 0.598. The van der Waals surface area contributed by atoms with Crippen molar-refractivity contribution in [2.75, 3.05) is 44.2 Å². The van der Waals surface area contributed by atoms with Gasteiger partial charge in [-0.1, -0.05) is 48.0 Å². The SMILES string of the molecule is CCOC(=O)CN1CCN(c2nnc(-c3ccc(Cl)cc3)c3ccccc23)CC1. The monoisotopic (exact) mass is 410 g/mol. The molecule has 1 aliphatic heterocycles. The van der Waals surface area contributed by atoms with E-state index in [1.165, 1.54) is 0 Å². The Morgan fingerprint density at radius 1 is 1.00 bits per heavy atom. The highest BCUT2D eigenvalue weighted by Crippen LogP contribution is 2.32. The molecular formula is C22H23ClN4O2. The lowest BCUT2D eigenvalue weighted by Gasteiger charge is -2.35. The Kier molecular flexibility index (Phi) is 5.92. The van der Waals surface area contributed by atoms with Crippen LogP contribution in [0.25, 0.3) is 22.0 Å². The normalized spacial score (nSPS) is 14.9. The molecule has 2 aromatic carbocycles. The van der Waals surface area contributed by atoms with Crippen LogP contribution >= 0.6 is 11.6 Å². The van der Waals surface area contributed by atoms with E-state index in [2.05, 4.69) is 32.1 Å². The number of hydrogen-bond acceptors (Lipinski definition) is 6. The first-order valence-electron chi connectivity index (χ1n) is 9.80. The molecule has 1 aliphatic rings. The molecule has 1 aromatic heterocycles. The molecule has 0 spiro atoms. The summed E-state index contributed by atoms with van der Waals surface area (Å²) < 4.78 is 5.05. The molecule has 0 unspecified atom stereocenters. The van der Waals surface area contributed by atoms with Crippen molar-refractivity contribution in [3.8, 4) is 11.3 Å². The van der Waals surface area contributed by atoms with E-state index in [9.17, 15) is 4.79 Å². The van der Waals surface area contributed by atoms with E-state index in [0.29, 0.717) is 18.2 Å². The molecule has 7 heteroatoms. The predicted octanol–water partition coefficient (Wildman–Crippen LogP) is 3.64. The van der Waals surface area contributed by atoms with Crippen molar-refractivity contribution in [3.05, 3.63) is 53.6 Å². The molecular weight excluding hydrogens is 388 g/mol. The molecule has 1 saturated heterocycles. The number of halogens is 1. The number of nitrogens with zero attached hydrogens (tertiary/aromatic N) is 4. The van der Waals surface area contributed by atoms with E-state index in [1.807, 2.05) is 43.3 Å². The molecule has 0 radical (unpaired) electrons. The van der Waals surface area contributed by atoms with Gasteiger partial charge in [-0.3, -0.25) is 9.69 Å². The minimum atomic E-state index is -0.168. The maximum absolute atomic E-state index is 11.7. The average molecular weight is 411 g/mol. The lowest BCUT2D eigenvalue weighted by molar-refractivity contribution is -0.144. The maximum atomic E-state index is 11.7. The van der Waals surface area contributed by atoms with Gasteiger partial charge in [0.15, 0.2) is 5.82 Å². The van der Waals surface area contributed by atoms with Crippen molar-refractivity contribution in [3.63, 3.8) is 0 Å². The fourth-order valence-electron chi connectivity index (χ4n) is 3.65. The van der Waals surface area contributed by atoms with E-state index in [4.69, 9.17) is 16.3 Å². The van der Waals surface area contributed by atoms with Gasteiger partial charge in [-0.25, -0.2) is 0 Å². The van der Waals surface area contributed by atoms with Crippen LogP contribution in [0.2, 0.25) is 5.02 Å². The number of fused-ring (bicyclic) bond motifs is 1. The summed E-state index contributed by atoms with van der Waals surface area (Å²) in [7, 11) is 0. The lowest BCUT2D eigenvalue weighted by atomic mass is 10.0. The zero-order valence-corrected chi connectivity index (χ0v) is 17.1. The number of hydrogen-bond donors (Lipinski definition) is 0. The Morgan fingerprint density at radius 2 is 1.69 bits per heavy atom. The summed E-state index contributed by atoms with van der Waals surface area (Å²) in [6.45, 7) is 5.73. The summed E-state index contributed by atoms with van der Waals surface area (Å²) >= 11 is 6.03. The summed E-state index contributed by atoms with van der Waals surface area (Å²) in [6.07, 6.45) is 0. The van der Waals surface area contributed by atoms with Crippen molar-refractivity contribution in [1.29, 1.82) is 0 Å². The molecule has 0 saturated carbocycles. The zero-order valence-electron chi connectivity index (χ0n) is 16.3. The van der Waals surface area contributed by atoms with Gasteiger partial charge in [0.2, 0.25) is 0 Å². The fourth-order valence-corrected chi connectivity index (χ4v) is 3.78. The maximum Gasteiger partial charge on any atom is 0.320 e. The second-order valence-corrected chi connectivity index (χ2v) is 7.43. The number of carbonyl (C=O) groups is 1. The number of piperazine rings is 1. The first kappa shape index (κ1) is 19.6. The van der Waals surface area contributed by atoms with Crippen LogP contribution in [-0.2, 0) is 9.53 Å². The molecule has 0 aliphatic carbocycles. The highest BCUT2D eigenvalue weighted by atomic mass is 35.5. The standard InChI is InChI=1S/C22H23ClN4O2/c1-2-29-20(28)15-26-11-13-27(14-12-26)22-19-6-4-3-5-18(19)21(24-25-22)16-7-9-17(23)10-8-16/h3-10H,2,11-15H2,1H3. The van der Waals surface area contributed by atoms with E-state index in [1.54, 1.807) is 0 Å². The fraction of sp³-hybridized carbons (Fsp3) is 0.318. The third-order valence-electron chi connectivity index (χ3n) is 5.12. The van der Waals surface area contributed by atoms with Gasteiger partial charge >= 0.3 is 5.97 Å². The Bertz CT molecular complexity index is 1000. The van der Waals surface area contributed by atoms with Gasteiger partial charge < -0.3 is 9.64 Å². The second kappa shape index (κ2) is 8.76. The van der Waals surface area contributed by atoms with Crippen LogP contribution in [0.4, 0.5) is 5.82 Å². The minimum absolute atomic E-state index is 0.168. The molecule has 0 bridgehead atoms. The van der Waals surface area contributed by atoms with Crippen LogP contribution in [0.15, 0.2) is 48.5 Å². The number of carbonyl (C=O) groups excluding carboxylic acids is 1. The van der Waals surface area contributed by atoms with Gasteiger partial charge in [0.25, 0.3) is 0 Å². The molecule has 0 N–H and O–H groups in total. The van der Waals surface area contributed by atoms with E-state index < -0.39 is 0 Å². The molecule has 0 atom stereocenters. The topological polar surface area (TPSA) is 58.6 Å². The van der Waals surface area contributed by atoms with E-state index in [-0.39, 0.29) is 5.97 Å². The number of benzene rings is 2. The van der Waals surface area contributed by atoms with Crippen molar-refractivity contribution in [2.24, 2.45) is 0 Å². The Balaban J connectivity index is 1.57. The molecule has 6 nitrogen and oxygen atoms in total. The van der Waals surface area contributed by atoms with Crippen LogP contribution in [0.5, 0.6) is 0 Å². The Labute approximate surface area is 175 Å². The Hall–Kier alpha value is -2.70. The van der Waals surface area contributed by atoms with Gasteiger partial charge in [0.1, 0.15) is 5.69 Å². The summed E-state index contributed by atoms with van der Waals surface area (Å²) in [5, 5.41) is 12.0. The van der Waals surface area contributed by atoms with E-state index in [0.717, 1.165) is 54.0 Å². The molecule has 150 valence electrons. The largest absolute Gasteiger partial charge is 0.465 e. The first-order valence-corrected chi connectivity index (χ1v) is 10.2. The number of esters is 1. The van der Waals surface area contributed by atoms with Crippen LogP contribution in [0, 0.1) is 0 Å². The average Bonchev–Trinajstić information content (AvgIpc) is 2.74. The van der Waals surface area contributed by atoms with Crippen molar-refractivity contribution < 1.29 is 9.53 Å². The summed E-state index contributed by atoms with van der Waals surface area (Å²) in [6, 6.07) is 15.9. The highest BCUT2D eigenvalue weighted by molar-refractivity contribution is 6.30. The van der Waals surface area contributed by atoms with Gasteiger partial charge in [0.05, 0.1) is 13.2 Å². The molecule has 0 amide bonds. The van der Waals surface area contributed by atoms with Crippen molar-refractivity contribution >= 4 is 34.2 Å².